The molecule has 0 fully saturated rings. The number of rotatable bonds is 4. The van der Waals surface area contributed by atoms with Crippen LogP contribution in [0.5, 0.6) is 0 Å². The third kappa shape index (κ3) is 3.12. The van der Waals surface area contributed by atoms with E-state index in [0.717, 1.165) is 11.0 Å². The Kier molecular flexibility index (Phi) is 4.41. The van der Waals surface area contributed by atoms with Crippen molar-refractivity contribution in [2.45, 2.75) is 13.8 Å². The molecule has 1 N–H and O–H groups in total. The number of Topliss-reactive ketones (excluding diaryl/α,β-unsaturated/α-hetero) is 1. The third-order valence-electron chi connectivity index (χ3n) is 3.02. The van der Waals surface area contributed by atoms with Crippen LogP contribution in [0, 0.1) is 11.7 Å². The minimum Gasteiger partial charge on any atom is -0.354 e. The van der Waals surface area contributed by atoms with E-state index in [0.29, 0.717) is 6.54 Å². The van der Waals surface area contributed by atoms with Crippen molar-refractivity contribution in [2.75, 3.05) is 18.0 Å². The molecule has 7 heteroatoms. The summed E-state index contributed by atoms with van der Waals surface area (Å²) in [5, 5.41) is 2.65. The van der Waals surface area contributed by atoms with E-state index in [-0.39, 0.29) is 34.1 Å². The van der Waals surface area contributed by atoms with Crippen LogP contribution in [0.4, 0.5) is 10.1 Å². The lowest BCUT2D eigenvalue weighted by molar-refractivity contribution is -0.122. The number of fused-ring (bicyclic) bond motifs is 1. The van der Waals surface area contributed by atoms with E-state index >= 15 is 0 Å². The lowest BCUT2D eigenvalue weighted by Gasteiger charge is -2.17. The Morgan fingerprint density at radius 2 is 2.05 bits per heavy atom. The first kappa shape index (κ1) is 15.6. The van der Waals surface area contributed by atoms with Crippen molar-refractivity contribution in [2.24, 2.45) is 5.92 Å². The zero-order valence-electron chi connectivity index (χ0n) is 11.6. The maximum atomic E-state index is 13.6. The van der Waals surface area contributed by atoms with Crippen LogP contribution in [0.2, 0.25) is 0 Å². The summed E-state index contributed by atoms with van der Waals surface area (Å²) in [7, 11) is 0. The molecular formula is C14H14BrFN2O3. The number of amides is 2. The molecule has 2 amide bonds. The Labute approximate surface area is 129 Å². The van der Waals surface area contributed by atoms with Crippen LogP contribution in [-0.4, -0.2) is 30.7 Å². The summed E-state index contributed by atoms with van der Waals surface area (Å²) in [6.07, 6.45) is 0. The van der Waals surface area contributed by atoms with E-state index in [1.54, 1.807) is 0 Å². The number of benzene rings is 1. The molecule has 1 aliphatic rings. The Morgan fingerprint density at radius 3 is 2.67 bits per heavy atom. The van der Waals surface area contributed by atoms with Gasteiger partial charge in [-0.05, 0) is 34.0 Å². The molecular weight excluding hydrogens is 343 g/mol. The number of halogens is 2. The van der Waals surface area contributed by atoms with Gasteiger partial charge in [0.15, 0.2) is 0 Å². The van der Waals surface area contributed by atoms with Crippen LogP contribution in [0.25, 0.3) is 0 Å². The summed E-state index contributed by atoms with van der Waals surface area (Å²) in [6.45, 7) is 4.04. The van der Waals surface area contributed by atoms with Gasteiger partial charge >= 0.3 is 0 Å². The van der Waals surface area contributed by atoms with Gasteiger partial charge in [0.05, 0.1) is 15.7 Å². The van der Waals surface area contributed by atoms with Crippen LogP contribution < -0.4 is 10.2 Å². The summed E-state index contributed by atoms with van der Waals surface area (Å²) in [5.41, 5.74) is 0.232. The quantitative estimate of drug-likeness (QED) is 0.837. The number of hydrogen-bond acceptors (Lipinski definition) is 3. The van der Waals surface area contributed by atoms with E-state index in [1.165, 1.54) is 6.07 Å². The molecule has 5 nitrogen and oxygen atoms in total. The fourth-order valence-electron chi connectivity index (χ4n) is 1.96. The van der Waals surface area contributed by atoms with Crippen LogP contribution in [0.3, 0.4) is 0 Å². The van der Waals surface area contributed by atoms with Crippen LogP contribution >= 0.6 is 15.9 Å². The maximum Gasteiger partial charge on any atom is 0.299 e. The van der Waals surface area contributed by atoms with Crippen molar-refractivity contribution < 1.29 is 18.8 Å². The van der Waals surface area contributed by atoms with Crippen LogP contribution in [0.1, 0.15) is 24.2 Å². The van der Waals surface area contributed by atoms with E-state index in [9.17, 15) is 18.8 Å². The molecule has 1 aromatic rings. The predicted octanol–water partition coefficient (Wildman–Crippen LogP) is 1.89. The van der Waals surface area contributed by atoms with Gasteiger partial charge in [-0.2, -0.15) is 0 Å². The van der Waals surface area contributed by atoms with E-state index in [1.807, 2.05) is 13.8 Å². The summed E-state index contributed by atoms with van der Waals surface area (Å²) in [6, 6.07) is 2.34. The molecule has 1 aliphatic heterocycles. The molecule has 21 heavy (non-hydrogen) atoms. The number of carbonyl (C=O) groups excluding carboxylic acids is 3. The first-order chi connectivity index (χ1) is 9.81. The molecule has 0 atom stereocenters. The first-order valence-electron chi connectivity index (χ1n) is 6.43. The zero-order chi connectivity index (χ0) is 15.7. The fraction of sp³-hybridized carbons (Fsp3) is 0.357. The summed E-state index contributed by atoms with van der Waals surface area (Å²) >= 11 is 2.97. The highest BCUT2D eigenvalue weighted by molar-refractivity contribution is 9.10. The Bertz CT molecular complexity index is 631. The van der Waals surface area contributed by atoms with Crippen molar-refractivity contribution in [3.05, 3.63) is 28.0 Å². The monoisotopic (exact) mass is 356 g/mol. The summed E-state index contributed by atoms with van der Waals surface area (Å²) < 4.78 is 13.7. The van der Waals surface area contributed by atoms with Gasteiger partial charge in [-0.3, -0.25) is 19.3 Å². The summed E-state index contributed by atoms with van der Waals surface area (Å²) in [4.78, 5) is 36.6. The molecule has 0 saturated carbocycles. The van der Waals surface area contributed by atoms with Crippen molar-refractivity contribution in [1.29, 1.82) is 0 Å². The molecule has 1 aromatic carbocycles. The van der Waals surface area contributed by atoms with Gasteiger partial charge in [0.25, 0.3) is 11.7 Å². The fourth-order valence-corrected chi connectivity index (χ4v) is 2.31. The number of nitrogens with zero attached hydrogens (tertiary/aromatic N) is 1. The van der Waals surface area contributed by atoms with Gasteiger partial charge in [-0.25, -0.2) is 4.39 Å². The van der Waals surface area contributed by atoms with E-state index in [4.69, 9.17) is 0 Å². The van der Waals surface area contributed by atoms with Gasteiger partial charge < -0.3 is 5.32 Å². The van der Waals surface area contributed by atoms with Gasteiger partial charge in [0.2, 0.25) is 5.91 Å². The number of anilines is 1. The second-order valence-corrected chi connectivity index (χ2v) is 6.06. The molecule has 0 bridgehead atoms. The highest BCUT2D eigenvalue weighted by Gasteiger charge is 2.37. The molecule has 0 aromatic heterocycles. The second-order valence-electron chi connectivity index (χ2n) is 5.20. The largest absolute Gasteiger partial charge is 0.354 e. The zero-order valence-corrected chi connectivity index (χ0v) is 13.2. The minimum absolute atomic E-state index is 0.102. The third-order valence-corrected chi connectivity index (χ3v) is 3.63. The van der Waals surface area contributed by atoms with Gasteiger partial charge in [-0.1, -0.05) is 13.8 Å². The van der Waals surface area contributed by atoms with Crippen molar-refractivity contribution in [3.8, 4) is 0 Å². The van der Waals surface area contributed by atoms with Crippen molar-refractivity contribution in [1.82, 2.24) is 5.32 Å². The highest BCUT2D eigenvalue weighted by Crippen LogP contribution is 2.33. The maximum absolute atomic E-state index is 13.6. The summed E-state index contributed by atoms with van der Waals surface area (Å²) in [5.74, 6) is -2.26. The van der Waals surface area contributed by atoms with E-state index in [2.05, 4.69) is 21.2 Å². The predicted molar refractivity (Wildman–Crippen MR) is 78.6 cm³/mol. The topological polar surface area (TPSA) is 66.5 Å². The minimum atomic E-state index is -0.817. The number of hydrogen-bond donors (Lipinski definition) is 1. The van der Waals surface area contributed by atoms with Gasteiger partial charge in [0, 0.05) is 6.54 Å². The van der Waals surface area contributed by atoms with Crippen molar-refractivity contribution in [3.63, 3.8) is 0 Å². The molecule has 2 rings (SSSR count). The molecule has 112 valence electrons. The Hall–Kier alpha value is -1.76. The number of ketones is 1. The number of nitrogens with one attached hydrogen (secondary N) is 1. The lowest BCUT2D eigenvalue weighted by Crippen LogP contribution is -2.41. The molecule has 0 spiro atoms. The molecule has 0 saturated heterocycles. The van der Waals surface area contributed by atoms with Crippen LogP contribution in [-0.2, 0) is 9.59 Å². The normalized spacial score (nSPS) is 13.9. The van der Waals surface area contributed by atoms with E-state index < -0.39 is 17.5 Å². The molecule has 0 aliphatic carbocycles. The second kappa shape index (κ2) is 5.93. The molecule has 0 radical (unpaired) electrons. The first-order valence-corrected chi connectivity index (χ1v) is 7.22. The van der Waals surface area contributed by atoms with Crippen LogP contribution in [0.15, 0.2) is 16.6 Å². The molecule has 0 unspecified atom stereocenters. The Balaban J connectivity index is 2.23. The Morgan fingerprint density at radius 1 is 1.38 bits per heavy atom. The van der Waals surface area contributed by atoms with Gasteiger partial charge in [0.1, 0.15) is 12.4 Å². The average Bonchev–Trinajstić information content (AvgIpc) is 2.63. The highest BCUT2D eigenvalue weighted by atomic mass is 79.9. The average molecular weight is 357 g/mol. The smallest absolute Gasteiger partial charge is 0.299 e. The SMILES string of the molecule is CC(C)CNC(=O)CN1C(=O)C(=O)c2cc(Br)c(F)cc21. The molecule has 1 heterocycles. The standard InChI is InChI=1S/C14H14BrFN2O3/c1-7(2)5-17-12(19)6-18-11-4-10(16)9(15)3-8(11)13(20)14(18)21/h3-4,7H,5-6H2,1-2H3,(H,17,19). The number of carbonyl (C=O) groups is 3. The lowest BCUT2D eigenvalue weighted by atomic mass is 10.1. The van der Waals surface area contributed by atoms with Crippen molar-refractivity contribution >= 4 is 39.2 Å². The van der Waals surface area contributed by atoms with Gasteiger partial charge in [-0.15, -0.1) is 0 Å².